The van der Waals surface area contributed by atoms with E-state index in [9.17, 15) is 4.79 Å². The van der Waals surface area contributed by atoms with Gasteiger partial charge in [-0.25, -0.2) is 4.98 Å². The van der Waals surface area contributed by atoms with E-state index in [2.05, 4.69) is 11.0 Å². The fraction of sp³-hybridized carbons (Fsp3) is 0.333. The number of benzene rings is 2. The van der Waals surface area contributed by atoms with E-state index in [4.69, 9.17) is 9.72 Å². The van der Waals surface area contributed by atoms with Crippen molar-refractivity contribution < 1.29 is 9.53 Å². The highest BCUT2D eigenvalue weighted by Gasteiger charge is 2.24. The molecule has 0 unspecified atom stereocenters. The van der Waals surface area contributed by atoms with Crippen LogP contribution in [0.5, 0.6) is 5.75 Å². The van der Waals surface area contributed by atoms with Crippen LogP contribution in [0.1, 0.15) is 22.8 Å². The van der Waals surface area contributed by atoms with Crippen LogP contribution in [0.2, 0.25) is 0 Å². The van der Waals surface area contributed by atoms with E-state index < -0.39 is 0 Å². The number of nitrogens with zero attached hydrogens (tertiary/aromatic N) is 3. The van der Waals surface area contributed by atoms with Crippen LogP contribution in [-0.4, -0.2) is 48.6 Å². The lowest BCUT2D eigenvalue weighted by Gasteiger charge is -2.34. The molecule has 4 rings (SSSR count). The number of hydrogen-bond acceptors (Lipinski definition) is 5. The average molecular weight is 382 g/mol. The molecule has 0 spiro atoms. The number of amides is 1. The summed E-state index contributed by atoms with van der Waals surface area (Å²) in [6.45, 7) is 7.69. The minimum atomic E-state index is 0.115. The van der Waals surface area contributed by atoms with Crippen molar-refractivity contribution in [2.45, 2.75) is 13.8 Å². The fourth-order valence-electron chi connectivity index (χ4n) is 3.35. The van der Waals surface area contributed by atoms with Gasteiger partial charge in [-0.3, -0.25) is 4.79 Å². The number of piperazine rings is 1. The van der Waals surface area contributed by atoms with Crippen LogP contribution < -0.4 is 9.64 Å². The molecule has 0 bridgehead atoms. The normalized spacial score (nSPS) is 14.6. The van der Waals surface area contributed by atoms with Crippen LogP contribution in [0.25, 0.3) is 10.2 Å². The molecule has 0 atom stereocenters. The molecule has 1 aliphatic heterocycles. The van der Waals surface area contributed by atoms with Crippen molar-refractivity contribution in [2.24, 2.45) is 0 Å². The summed E-state index contributed by atoms with van der Waals surface area (Å²) in [6.07, 6.45) is 0. The molecule has 0 aliphatic carbocycles. The lowest BCUT2D eigenvalue weighted by molar-refractivity contribution is 0.0746. The summed E-state index contributed by atoms with van der Waals surface area (Å²) < 4.78 is 6.71. The third-order valence-corrected chi connectivity index (χ3v) is 5.84. The predicted molar refractivity (Wildman–Crippen MR) is 110 cm³/mol. The number of thiazole rings is 1. The Morgan fingerprint density at radius 3 is 2.70 bits per heavy atom. The highest BCUT2D eigenvalue weighted by Crippen LogP contribution is 2.32. The first kappa shape index (κ1) is 17.8. The van der Waals surface area contributed by atoms with Crippen LogP contribution in [0, 0.1) is 6.92 Å². The van der Waals surface area contributed by atoms with E-state index in [0.717, 1.165) is 45.3 Å². The van der Waals surface area contributed by atoms with Crippen LogP contribution in [0.15, 0.2) is 42.5 Å². The molecule has 1 aliphatic rings. The molecule has 1 amide bonds. The van der Waals surface area contributed by atoms with E-state index in [1.807, 2.05) is 55.1 Å². The number of hydrogen-bond donors (Lipinski definition) is 0. The van der Waals surface area contributed by atoms with Gasteiger partial charge in [0.1, 0.15) is 5.75 Å². The molecule has 0 saturated carbocycles. The number of carbonyl (C=O) groups excluding carboxylic acids is 1. The molecule has 0 radical (unpaired) electrons. The Morgan fingerprint density at radius 2 is 1.96 bits per heavy atom. The maximum absolute atomic E-state index is 12.7. The maximum Gasteiger partial charge on any atom is 0.253 e. The Morgan fingerprint density at radius 1 is 1.15 bits per heavy atom. The molecule has 2 heterocycles. The second-order valence-corrected chi connectivity index (χ2v) is 7.72. The molecule has 6 heteroatoms. The minimum Gasteiger partial charge on any atom is -0.494 e. The average Bonchev–Trinajstić information content (AvgIpc) is 3.11. The van der Waals surface area contributed by atoms with Gasteiger partial charge in [0.05, 0.1) is 16.8 Å². The van der Waals surface area contributed by atoms with Crippen LogP contribution in [-0.2, 0) is 0 Å². The highest BCUT2D eigenvalue weighted by molar-refractivity contribution is 7.22. The van der Waals surface area contributed by atoms with Gasteiger partial charge in [0.25, 0.3) is 5.91 Å². The van der Waals surface area contributed by atoms with Crippen LogP contribution in [0.3, 0.4) is 0 Å². The standard InChI is InChI=1S/C21H23N3O2S/c1-3-26-17-7-8-18-19(14-17)27-21(22-18)24-11-9-23(10-12-24)20(25)16-6-4-5-15(2)13-16/h4-8,13-14H,3,9-12H2,1-2H3. The van der Waals surface area contributed by atoms with Crippen molar-refractivity contribution >= 4 is 32.6 Å². The Bertz CT molecular complexity index is 961. The van der Waals surface area contributed by atoms with Crippen LogP contribution >= 0.6 is 11.3 Å². The lowest BCUT2D eigenvalue weighted by Crippen LogP contribution is -2.48. The number of anilines is 1. The second kappa shape index (κ2) is 7.56. The van der Waals surface area contributed by atoms with Gasteiger partial charge in [-0.15, -0.1) is 0 Å². The van der Waals surface area contributed by atoms with Gasteiger partial charge in [0.2, 0.25) is 0 Å². The lowest BCUT2D eigenvalue weighted by atomic mass is 10.1. The highest BCUT2D eigenvalue weighted by atomic mass is 32.1. The number of ether oxygens (including phenoxy) is 1. The number of aryl methyl sites for hydroxylation is 1. The molecule has 2 aromatic carbocycles. The van der Waals surface area contributed by atoms with Gasteiger partial charge < -0.3 is 14.5 Å². The SMILES string of the molecule is CCOc1ccc2nc(N3CCN(C(=O)c4cccc(C)c4)CC3)sc2c1. The first-order valence-corrected chi connectivity index (χ1v) is 10.1. The molecule has 1 aromatic heterocycles. The van der Waals surface area contributed by atoms with Crippen molar-refractivity contribution in [1.29, 1.82) is 0 Å². The number of fused-ring (bicyclic) bond motifs is 1. The van der Waals surface area contributed by atoms with Gasteiger partial charge >= 0.3 is 0 Å². The summed E-state index contributed by atoms with van der Waals surface area (Å²) in [6, 6.07) is 13.8. The maximum atomic E-state index is 12.7. The quantitative estimate of drug-likeness (QED) is 0.686. The minimum absolute atomic E-state index is 0.115. The molecule has 5 nitrogen and oxygen atoms in total. The fourth-order valence-corrected chi connectivity index (χ4v) is 4.39. The van der Waals surface area contributed by atoms with E-state index >= 15 is 0 Å². The van der Waals surface area contributed by atoms with Gasteiger partial charge in [0, 0.05) is 31.7 Å². The Kier molecular flexibility index (Phi) is 4.99. The third kappa shape index (κ3) is 3.76. The smallest absolute Gasteiger partial charge is 0.253 e. The first-order valence-electron chi connectivity index (χ1n) is 9.28. The van der Waals surface area contributed by atoms with Gasteiger partial charge in [-0.05, 0) is 44.2 Å². The van der Waals surface area contributed by atoms with Crippen molar-refractivity contribution in [3.8, 4) is 5.75 Å². The summed E-state index contributed by atoms with van der Waals surface area (Å²) in [5, 5.41) is 1.02. The molecule has 0 N–H and O–H groups in total. The zero-order chi connectivity index (χ0) is 18.8. The molecule has 140 valence electrons. The Hall–Kier alpha value is -2.60. The van der Waals surface area contributed by atoms with E-state index in [1.54, 1.807) is 11.3 Å². The number of aromatic nitrogens is 1. The van der Waals surface area contributed by atoms with Crippen molar-refractivity contribution in [3.63, 3.8) is 0 Å². The third-order valence-electron chi connectivity index (χ3n) is 4.76. The first-order chi connectivity index (χ1) is 13.1. The number of carbonyl (C=O) groups is 1. The van der Waals surface area contributed by atoms with Crippen molar-refractivity contribution in [2.75, 3.05) is 37.7 Å². The monoisotopic (exact) mass is 381 g/mol. The Labute approximate surface area is 163 Å². The molecule has 1 fully saturated rings. The predicted octanol–water partition coefficient (Wildman–Crippen LogP) is 3.97. The van der Waals surface area contributed by atoms with E-state index in [1.165, 1.54) is 0 Å². The van der Waals surface area contributed by atoms with E-state index in [0.29, 0.717) is 19.7 Å². The summed E-state index contributed by atoms with van der Waals surface area (Å²) in [4.78, 5) is 21.7. The summed E-state index contributed by atoms with van der Waals surface area (Å²) in [7, 11) is 0. The summed E-state index contributed by atoms with van der Waals surface area (Å²) >= 11 is 1.68. The van der Waals surface area contributed by atoms with Crippen molar-refractivity contribution in [3.05, 3.63) is 53.6 Å². The molecular weight excluding hydrogens is 358 g/mol. The van der Waals surface area contributed by atoms with Gasteiger partial charge in [0.15, 0.2) is 5.13 Å². The molecule has 3 aromatic rings. The largest absolute Gasteiger partial charge is 0.494 e. The zero-order valence-corrected chi connectivity index (χ0v) is 16.5. The number of rotatable bonds is 4. The van der Waals surface area contributed by atoms with Gasteiger partial charge in [-0.1, -0.05) is 29.0 Å². The summed E-state index contributed by atoms with van der Waals surface area (Å²) in [5.41, 5.74) is 2.88. The van der Waals surface area contributed by atoms with Crippen LogP contribution in [0.4, 0.5) is 5.13 Å². The second-order valence-electron chi connectivity index (χ2n) is 6.71. The topological polar surface area (TPSA) is 45.7 Å². The molecular formula is C21H23N3O2S. The molecule has 27 heavy (non-hydrogen) atoms. The van der Waals surface area contributed by atoms with Gasteiger partial charge in [-0.2, -0.15) is 0 Å². The summed E-state index contributed by atoms with van der Waals surface area (Å²) in [5.74, 6) is 0.998. The van der Waals surface area contributed by atoms with E-state index in [-0.39, 0.29) is 5.91 Å². The Balaban J connectivity index is 1.44. The molecule has 1 saturated heterocycles. The zero-order valence-electron chi connectivity index (χ0n) is 15.6. The van der Waals surface area contributed by atoms with Crippen molar-refractivity contribution in [1.82, 2.24) is 9.88 Å².